The Bertz CT molecular complexity index is 984. The smallest absolute Gasteiger partial charge is 0.350 e. The van der Waals surface area contributed by atoms with Gasteiger partial charge in [-0.15, -0.1) is 0 Å². The molecule has 2 rings (SSSR count). The number of amides is 1. The molecule has 1 aromatic carbocycles. The summed E-state index contributed by atoms with van der Waals surface area (Å²) < 4.78 is 31.9. The van der Waals surface area contributed by atoms with Crippen molar-refractivity contribution in [2.24, 2.45) is 0 Å². The molecule has 0 unspecified atom stereocenters. The number of hydrogen-bond donors (Lipinski definition) is 1. The van der Waals surface area contributed by atoms with E-state index in [0.717, 1.165) is 24.2 Å². The molecular formula is C20H27N3O5S2. The second-order valence-electron chi connectivity index (χ2n) is 6.48. The standard InChI is InChI=1S/C20H27N3O5S2/c1-5-8-13-23(6-2)30(26,27)16-11-9-15(10-12-16)18(24)22-20-21-14(4)17(29-20)19(25)28-7-3/h9-12H,5-8,13H2,1-4H3,(H,21,22,24). The number of benzene rings is 1. The number of rotatable bonds is 10. The van der Waals surface area contributed by atoms with Gasteiger partial charge in [-0.25, -0.2) is 18.2 Å². The van der Waals surface area contributed by atoms with Crippen LogP contribution in [-0.4, -0.2) is 49.3 Å². The van der Waals surface area contributed by atoms with Crippen molar-refractivity contribution in [3.05, 3.63) is 40.4 Å². The average Bonchev–Trinajstić information content (AvgIpc) is 3.08. The van der Waals surface area contributed by atoms with Crippen molar-refractivity contribution in [3.63, 3.8) is 0 Å². The Kier molecular flexibility index (Phi) is 8.51. The predicted molar refractivity (Wildman–Crippen MR) is 117 cm³/mol. The van der Waals surface area contributed by atoms with Crippen molar-refractivity contribution in [1.29, 1.82) is 0 Å². The maximum atomic E-state index is 12.8. The number of hydrogen-bond acceptors (Lipinski definition) is 7. The number of sulfonamides is 1. The monoisotopic (exact) mass is 453 g/mol. The van der Waals surface area contributed by atoms with Gasteiger partial charge in [-0.3, -0.25) is 10.1 Å². The number of carbonyl (C=O) groups is 2. The van der Waals surface area contributed by atoms with E-state index < -0.39 is 21.9 Å². The largest absolute Gasteiger partial charge is 0.462 e. The summed E-state index contributed by atoms with van der Waals surface area (Å²) in [5, 5.41) is 2.91. The van der Waals surface area contributed by atoms with Crippen LogP contribution in [0.4, 0.5) is 5.13 Å². The van der Waals surface area contributed by atoms with Crippen LogP contribution in [0.3, 0.4) is 0 Å². The molecule has 1 heterocycles. The van der Waals surface area contributed by atoms with Crippen LogP contribution < -0.4 is 5.32 Å². The van der Waals surface area contributed by atoms with E-state index in [1.165, 1.54) is 28.6 Å². The van der Waals surface area contributed by atoms with E-state index in [4.69, 9.17) is 4.74 Å². The van der Waals surface area contributed by atoms with Crippen molar-refractivity contribution < 1.29 is 22.7 Å². The Morgan fingerprint density at radius 1 is 1.17 bits per heavy atom. The highest BCUT2D eigenvalue weighted by molar-refractivity contribution is 7.89. The Balaban J connectivity index is 2.14. The molecule has 0 atom stereocenters. The van der Waals surface area contributed by atoms with Crippen LogP contribution in [0.15, 0.2) is 29.2 Å². The number of nitrogens with one attached hydrogen (secondary N) is 1. The first-order valence-electron chi connectivity index (χ1n) is 9.80. The molecule has 30 heavy (non-hydrogen) atoms. The lowest BCUT2D eigenvalue weighted by molar-refractivity contribution is 0.0531. The van der Waals surface area contributed by atoms with Gasteiger partial charge in [-0.1, -0.05) is 31.6 Å². The third-order valence-electron chi connectivity index (χ3n) is 4.35. The minimum absolute atomic E-state index is 0.145. The molecular weight excluding hydrogens is 426 g/mol. The first-order valence-corrected chi connectivity index (χ1v) is 12.1. The Morgan fingerprint density at radius 2 is 1.83 bits per heavy atom. The molecule has 1 aromatic heterocycles. The van der Waals surface area contributed by atoms with E-state index in [9.17, 15) is 18.0 Å². The van der Waals surface area contributed by atoms with Gasteiger partial charge in [-0.2, -0.15) is 4.31 Å². The van der Waals surface area contributed by atoms with Crippen molar-refractivity contribution in [3.8, 4) is 0 Å². The number of thiazole rings is 1. The normalized spacial score (nSPS) is 11.5. The molecule has 1 N–H and O–H groups in total. The van der Waals surface area contributed by atoms with E-state index in [1.807, 2.05) is 6.92 Å². The molecule has 0 aliphatic carbocycles. The van der Waals surface area contributed by atoms with Crippen molar-refractivity contribution >= 4 is 38.4 Å². The highest BCUT2D eigenvalue weighted by atomic mass is 32.2. The van der Waals surface area contributed by atoms with E-state index in [-0.39, 0.29) is 22.2 Å². The number of esters is 1. The van der Waals surface area contributed by atoms with Gasteiger partial charge in [0.25, 0.3) is 5.91 Å². The van der Waals surface area contributed by atoms with Gasteiger partial charge in [0.1, 0.15) is 4.88 Å². The second kappa shape index (κ2) is 10.6. The number of aryl methyl sites for hydroxylation is 1. The lowest BCUT2D eigenvalue weighted by Gasteiger charge is -2.20. The first kappa shape index (κ1) is 24.0. The number of anilines is 1. The van der Waals surface area contributed by atoms with Gasteiger partial charge in [0.05, 0.1) is 17.2 Å². The van der Waals surface area contributed by atoms with Crippen LogP contribution in [-0.2, 0) is 14.8 Å². The average molecular weight is 454 g/mol. The summed E-state index contributed by atoms with van der Waals surface area (Å²) in [5.41, 5.74) is 0.762. The molecule has 0 saturated carbocycles. The third kappa shape index (κ3) is 5.65. The zero-order valence-corrected chi connectivity index (χ0v) is 19.2. The van der Waals surface area contributed by atoms with Crippen LogP contribution >= 0.6 is 11.3 Å². The Morgan fingerprint density at radius 3 is 2.40 bits per heavy atom. The van der Waals surface area contributed by atoms with Crippen LogP contribution in [0.2, 0.25) is 0 Å². The predicted octanol–water partition coefficient (Wildman–Crippen LogP) is 3.69. The van der Waals surface area contributed by atoms with E-state index >= 15 is 0 Å². The fraction of sp³-hybridized carbons (Fsp3) is 0.450. The molecule has 2 aromatic rings. The van der Waals surface area contributed by atoms with Gasteiger partial charge in [0, 0.05) is 18.7 Å². The van der Waals surface area contributed by atoms with E-state index in [0.29, 0.717) is 23.7 Å². The minimum atomic E-state index is -3.60. The molecule has 10 heteroatoms. The Hall–Kier alpha value is -2.30. The highest BCUT2D eigenvalue weighted by Gasteiger charge is 2.23. The van der Waals surface area contributed by atoms with Crippen LogP contribution in [0.5, 0.6) is 0 Å². The summed E-state index contributed by atoms with van der Waals surface area (Å²) in [5.74, 6) is -0.924. The fourth-order valence-electron chi connectivity index (χ4n) is 2.72. The lowest BCUT2D eigenvalue weighted by atomic mass is 10.2. The summed E-state index contributed by atoms with van der Waals surface area (Å²) in [4.78, 5) is 29.0. The van der Waals surface area contributed by atoms with Crippen LogP contribution in [0.25, 0.3) is 0 Å². The van der Waals surface area contributed by atoms with Gasteiger partial charge in [0.2, 0.25) is 10.0 Å². The number of unbranched alkanes of at least 4 members (excludes halogenated alkanes) is 1. The topological polar surface area (TPSA) is 106 Å². The van der Waals surface area contributed by atoms with E-state index in [1.54, 1.807) is 20.8 Å². The SMILES string of the molecule is CCCCN(CC)S(=O)(=O)c1ccc(C(=O)Nc2nc(C)c(C(=O)OCC)s2)cc1. The fourth-order valence-corrected chi connectivity index (χ4v) is 5.06. The zero-order chi connectivity index (χ0) is 22.3. The lowest BCUT2D eigenvalue weighted by Crippen LogP contribution is -2.31. The molecule has 0 radical (unpaired) electrons. The summed E-state index contributed by atoms with van der Waals surface area (Å²) in [6.45, 7) is 8.28. The maximum absolute atomic E-state index is 12.8. The summed E-state index contributed by atoms with van der Waals surface area (Å²) in [6.07, 6.45) is 1.69. The van der Waals surface area contributed by atoms with Gasteiger partial charge in [-0.05, 0) is 44.5 Å². The third-order valence-corrected chi connectivity index (χ3v) is 7.39. The number of carbonyl (C=O) groups excluding carboxylic acids is 2. The Labute approximate surface area is 181 Å². The van der Waals surface area contributed by atoms with Crippen molar-refractivity contribution in [2.45, 2.75) is 45.4 Å². The highest BCUT2D eigenvalue weighted by Crippen LogP contribution is 2.24. The first-order chi connectivity index (χ1) is 14.2. The van der Waals surface area contributed by atoms with Crippen molar-refractivity contribution in [2.75, 3.05) is 25.0 Å². The second-order valence-corrected chi connectivity index (χ2v) is 9.42. The van der Waals surface area contributed by atoms with E-state index in [2.05, 4.69) is 10.3 Å². The van der Waals surface area contributed by atoms with Crippen LogP contribution in [0.1, 0.15) is 59.3 Å². The molecule has 0 bridgehead atoms. The molecule has 0 aliphatic rings. The summed E-state index contributed by atoms with van der Waals surface area (Å²) in [6, 6.07) is 5.77. The molecule has 0 aliphatic heterocycles. The molecule has 8 nitrogen and oxygen atoms in total. The number of ether oxygens (including phenoxy) is 1. The van der Waals surface area contributed by atoms with Gasteiger partial charge < -0.3 is 4.74 Å². The van der Waals surface area contributed by atoms with Gasteiger partial charge in [0.15, 0.2) is 5.13 Å². The molecule has 1 amide bonds. The molecule has 0 saturated heterocycles. The summed E-state index contributed by atoms with van der Waals surface area (Å²) in [7, 11) is -3.60. The maximum Gasteiger partial charge on any atom is 0.350 e. The number of nitrogens with zero attached hydrogens (tertiary/aromatic N) is 2. The van der Waals surface area contributed by atoms with Gasteiger partial charge >= 0.3 is 5.97 Å². The number of aromatic nitrogens is 1. The molecule has 164 valence electrons. The molecule has 0 fully saturated rings. The summed E-state index contributed by atoms with van der Waals surface area (Å²) >= 11 is 1.03. The van der Waals surface area contributed by atoms with Crippen molar-refractivity contribution in [1.82, 2.24) is 9.29 Å². The quantitative estimate of drug-likeness (QED) is 0.550. The zero-order valence-electron chi connectivity index (χ0n) is 17.6. The molecule has 0 spiro atoms. The minimum Gasteiger partial charge on any atom is -0.462 e. The van der Waals surface area contributed by atoms with Crippen LogP contribution in [0, 0.1) is 6.92 Å².